The summed E-state index contributed by atoms with van der Waals surface area (Å²) in [6.07, 6.45) is -0.369. The van der Waals surface area contributed by atoms with Crippen LogP contribution in [0.1, 0.15) is 46.0 Å². The van der Waals surface area contributed by atoms with Gasteiger partial charge in [-0.05, 0) is 18.8 Å². The molecule has 1 heterocycles. The van der Waals surface area contributed by atoms with Crippen molar-refractivity contribution in [1.82, 2.24) is 15.5 Å². The standard InChI is InChI=1S/C19H30N4O9/c1-3-9(2)15(20)18(30)23-6-4-5-12(23)17(29)21-10(7-13(24)25)16(28)22-11(19(31)32)8-14(26)27/h9-12,15H,3-8,20H2,1-2H3,(H,21,29)(H,22,28)(H,24,25)(H,26,27)(H,31,32). The fraction of sp³-hybridized carbons (Fsp3) is 0.684. The maximum Gasteiger partial charge on any atom is 0.326 e. The molecule has 0 aliphatic carbocycles. The first-order valence-electron chi connectivity index (χ1n) is 10.2. The molecule has 180 valence electrons. The van der Waals surface area contributed by atoms with Crippen LogP contribution in [0.5, 0.6) is 0 Å². The number of carbonyl (C=O) groups excluding carboxylic acids is 3. The lowest BCUT2D eigenvalue weighted by molar-refractivity contribution is -0.148. The van der Waals surface area contributed by atoms with Crippen LogP contribution in [0.15, 0.2) is 0 Å². The van der Waals surface area contributed by atoms with Gasteiger partial charge in [0.15, 0.2) is 0 Å². The van der Waals surface area contributed by atoms with Crippen molar-refractivity contribution in [2.24, 2.45) is 11.7 Å². The van der Waals surface area contributed by atoms with E-state index in [-0.39, 0.29) is 18.9 Å². The average molecular weight is 458 g/mol. The number of carboxylic acids is 3. The van der Waals surface area contributed by atoms with Crippen molar-refractivity contribution in [1.29, 1.82) is 0 Å². The fourth-order valence-electron chi connectivity index (χ4n) is 3.29. The second-order valence-corrected chi connectivity index (χ2v) is 7.76. The Hall–Kier alpha value is -3.22. The van der Waals surface area contributed by atoms with Crippen molar-refractivity contribution in [3.63, 3.8) is 0 Å². The molecule has 0 saturated carbocycles. The monoisotopic (exact) mass is 458 g/mol. The summed E-state index contributed by atoms with van der Waals surface area (Å²) in [6.45, 7) is 3.95. The third-order valence-corrected chi connectivity index (χ3v) is 5.39. The van der Waals surface area contributed by atoms with Gasteiger partial charge < -0.3 is 36.6 Å². The van der Waals surface area contributed by atoms with Crippen molar-refractivity contribution in [3.8, 4) is 0 Å². The largest absolute Gasteiger partial charge is 0.481 e. The molecule has 0 spiro atoms. The molecule has 0 aromatic heterocycles. The van der Waals surface area contributed by atoms with Crippen LogP contribution in [0.2, 0.25) is 0 Å². The number of nitrogens with one attached hydrogen (secondary N) is 2. The van der Waals surface area contributed by atoms with E-state index in [1.165, 1.54) is 4.90 Å². The van der Waals surface area contributed by atoms with Crippen LogP contribution in [0.3, 0.4) is 0 Å². The average Bonchev–Trinajstić information content (AvgIpc) is 3.20. The van der Waals surface area contributed by atoms with Crippen LogP contribution < -0.4 is 16.4 Å². The first-order valence-corrected chi connectivity index (χ1v) is 10.2. The Morgan fingerprint density at radius 3 is 2.06 bits per heavy atom. The third-order valence-electron chi connectivity index (χ3n) is 5.39. The van der Waals surface area contributed by atoms with Crippen molar-refractivity contribution in [3.05, 3.63) is 0 Å². The van der Waals surface area contributed by atoms with Gasteiger partial charge in [-0.1, -0.05) is 20.3 Å². The molecule has 0 radical (unpaired) electrons. The second kappa shape index (κ2) is 12.0. The van der Waals surface area contributed by atoms with Gasteiger partial charge in [0.05, 0.1) is 18.9 Å². The Morgan fingerprint density at radius 1 is 1.00 bits per heavy atom. The highest BCUT2D eigenvalue weighted by molar-refractivity contribution is 5.96. The molecule has 13 nitrogen and oxygen atoms in total. The summed E-state index contributed by atoms with van der Waals surface area (Å²) in [5.41, 5.74) is 5.98. The Balaban J connectivity index is 2.95. The summed E-state index contributed by atoms with van der Waals surface area (Å²) in [6, 6.07) is -5.27. The van der Waals surface area contributed by atoms with Gasteiger partial charge in [0, 0.05) is 6.54 Å². The molecule has 1 saturated heterocycles. The van der Waals surface area contributed by atoms with Gasteiger partial charge in [-0.25, -0.2) is 4.79 Å². The number of nitrogens with zero attached hydrogens (tertiary/aromatic N) is 1. The molecule has 0 aromatic rings. The molecule has 5 unspecified atom stereocenters. The summed E-state index contributed by atoms with van der Waals surface area (Å²) < 4.78 is 0. The molecule has 1 aliphatic rings. The van der Waals surface area contributed by atoms with Crippen molar-refractivity contribution >= 4 is 35.6 Å². The minimum Gasteiger partial charge on any atom is -0.481 e. The predicted molar refractivity (Wildman–Crippen MR) is 108 cm³/mol. The normalized spacial score (nSPS) is 19.3. The zero-order valence-corrected chi connectivity index (χ0v) is 17.9. The number of amides is 3. The number of nitrogens with two attached hydrogens (primary N) is 1. The second-order valence-electron chi connectivity index (χ2n) is 7.76. The van der Waals surface area contributed by atoms with Crippen LogP contribution in [0, 0.1) is 5.92 Å². The maximum atomic E-state index is 12.8. The number of carboxylic acid groups (broad SMARTS) is 3. The van der Waals surface area contributed by atoms with Gasteiger partial charge >= 0.3 is 17.9 Å². The molecule has 3 amide bonds. The molecule has 0 aromatic carbocycles. The molecule has 1 aliphatic heterocycles. The van der Waals surface area contributed by atoms with E-state index in [0.29, 0.717) is 12.8 Å². The fourth-order valence-corrected chi connectivity index (χ4v) is 3.29. The van der Waals surface area contributed by atoms with Gasteiger partial charge in [0.1, 0.15) is 18.1 Å². The van der Waals surface area contributed by atoms with Crippen LogP contribution in [-0.2, 0) is 28.8 Å². The summed E-state index contributed by atoms with van der Waals surface area (Å²) in [7, 11) is 0. The number of likely N-dealkylation sites (tertiary alicyclic amines) is 1. The molecule has 1 fully saturated rings. The summed E-state index contributed by atoms with van der Waals surface area (Å²) in [4.78, 5) is 72.3. The Bertz CT molecular complexity index is 757. The van der Waals surface area contributed by atoms with E-state index in [4.69, 9.17) is 21.1 Å². The number of hydrogen-bond acceptors (Lipinski definition) is 7. The summed E-state index contributed by atoms with van der Waals surface area (Å²) in [5.74, 6) is -7.07. The lowest BCUT2D eigenvalue weighted by atomic mass is 9.98. The van der Waals surface area contributed by atoms with Crippen LogP contribution in [-0.4, -0.2) is 86.6 Å². The van der Waals surface area contributed by atoms with Crippen LogP contribution >= 0.6 is 0 Å². The highest BCUT2D eigenvalue weighted by atomic mass is 16.4. The Labute approximate surface area is 184 Å². The Kier molecular flexibility index (Phi) is 10.0. The lowest BCUT2D eigenvalue weighted by Crippen LogP contribution is -2.57. The van der Waals surface area contributed by atoms with Crippen LogP contribution in [0.25, 0.3) is 0 Å². The SMILES string of the molecule is CCC(C)C(N)C(=O)N1CCCC1C(=O)NC(CC(=O)O)C(=O)NC(CC(=O)O)C(=O)O. The van der Waals surface area contributed by atoms with Crippen molar-refractivity contribution in [2.75, 3.05) is 6.54 Å². The zero-order chi connectivity index (χ0) is 24.6. The molecular formula is C19H30N4O9. The zero-order valence-electron chi connectivity index (χ0n) is 17.9. The molecule has 32 heavy (non-hydrogen) atoms. The lowest BCUT2D eigenvalue weighted by Gasteiger charge is -2.29. The molecule has 0 bridgehead atoms. The highest BCUT2D eigenvalue weighted by Gasteiger charge is 2.39. The van der Waals surface area contributed by atoms with E-state index in [1.54, 1.807) is 6.92 Å². The molecular weight excluding hydrogens is 428 g/mol. The molecule has 1 rings (SSSR count). The van der Waals surface area contributed by atoms with Gasteiger partial charge in [0.25, 0.3) is 0 Å². The van der Waals surface area contributed by atoms with E-state index in [2.05, 4.69) is 5.32 Å². The quantitative estimate of drug-likeness (QED) is 0.196. The van der Waals surface area contributed by atoms with E-state index >= 15 is 0 Å². The van der Waals surface area contributed by atoms with Crippen molar-refractivity contribution < 1.29 is 44.1 Å². The first kappa shape index (κ1) is 26.8. The molecule has 5 atom stereocenters. The minimum atomic E-state index is -1.81. The number of aliphatic carboxylic acids is 3. The summed E-state index contributed by atoms with van der Waals surface area (Å²) in [5, 5.41) is 31.1. The number of carbonyl (C=O) groups is 6. The predicted octanol–water partition coefficient (Wildman–Crippen LogP) is -1.65. The topological polar surface area (TPSA) is 216 Å². The van der Waals surface area contributed by atoms with Crippen molar-refractivity contribution in [2.45, 2.75) is 70.1 Å². The Morgan fingerprint density at radius 2 is 1.56 bits per heavy atom. The van der Waals surface area contributed by atoms with Gasteiger partial charge in [-0.2, -0.15) is 0 Å². The van der Waals surface area contributed by atoms with Gasteiger partial charge in [-0.15, -0.1) is 0 Å². The van der Waals surface area contributed by atoms with Crippen LogP contribution in [0.4, 0.5) is 0 Å². The minimum absolute atomic E-state index is 0.125. The highest BCUT2D eigenvalue weighted by Crippen LogP contribution is 2.21. The third kappa shape index (κ3) is 7.48. The summed E-state index contributed by atoms with van der Waals surface area (Å²) >= 11 is 0. The molecule has 7 N–H and O–H groups in total. The number of hydrogen-bond donors (Lipinski definition) is 6. The van der Waals surface area contributed by atoms with E-state index in [1.807, 2.05) is 12.2 Å². The van der Waals surface area contributed by atoms with E-state index in [9.17, 15) is 28.8 Å². The van der Waals surface area contributed by atoms with Gasteiger partial charge in [-0.3, -0.25) is 24.0 Å². The van der Waals surface area contributed by atoms with E-state index in [0.717, 1.165) is 0 Å². The number of rotatable bonds is 12. The van der Waals surface area contributed by atoms with E-state index < -0.39 is 72.6 Å². The van der Waals surface area contributed by atoms with Gasteiger partial charge in [0.2, 0.25) is 17.7 Å². The first-order chi connectivity index (χ1) is 14.9. The molecule has 13 heteroatoms. The smallest absolute Gasteiger partial charge is 0.326 e. The maximum absolute atomic E-state index is 12.8.